The molecule has 4 heterocycles. The van der Waals surface area contributed by atoms with E-state index in [4.69, 9.17) is 28.4 Å². The van der Waals surface area contributed by atoms with Crippen molar-refractivity contribution < 1.29 is 28.4 Å². The molecule has 52 heavy (non-hydrogen) atoms. The van der Waals surface area contributed by atoms with Crippen LogP contribution in [0.25, 0.3) is 0 Å². The van der Waals surface area contributed by atoms with Gasteiger partial charge in [0, 0.05) is 49.4 Å². The molecule has 0 aromatic heterocycles. The maximum Gasteiger partial charge on any atom is 0.165 e. The Morgan fingerprint density at radius 1 is 0.558 bits per heavy atom. The van der Waals surface area contributed by atoms with Gasteiger partial charge in [-0.15, -0.1) is 0 Å². The van der Waals surface area contributed by atoms with Crippen molar-refractivity contribution in [2.24, 2.45) is 0 Å². The van der Waals surface area contributed by atoms with Crippen molar-refractivity contribution >= 4 is 0 Å². The molecule has 4 aliphatic heterocycles. The van der Waals surface area contributed by atoms with E-state index in [2.05, 4.69) is 60.0 Å². The van der Waals surface area contributed by atoms with Gasteiger partial charge in [0.05, 0.1) is 42.7 Å². The summed E-state index contributed by atoms with van der Waals surface area (Å²) in [5.41, 5.74) is 13.6. The lowest BCUT2D eigenvalue weighted by Gasteiger charge is -2.42. The molecule has 0 saturated carbocycles. The number of hydrogen-bond acceptors (Lipinski definition) is 8. The summed E-state index contributed by atoms with van der Waals surface area (Å²) in [4.78, 5) is 5.16. The molecule has 2 atom stereocenters. The van der Waals surface area contributed by atoms with Gasteiger partial charge in [0.1, 0.15) is 11.5 Å². The van der Waals surface area contributed by atoms with Gasteiger partial charge >= 0.3 is 0 Å². The van der Waals surface area contributed by atoms with Crippen molar-refractivity contribution in [2.75, 3.05) is 55.7 Å². The first-order valence-electron chi connectivity index (χ1n) is 18.7. The molecular weight excluding hydrogens is 652 g/mol. The second-order valence-electron chi connectivity index (χ2n) is 14.4. The van der Waals surface area contributed by atoms with Gasteiger partial charge in [0.15, 0.2) is 23.0 Å². The summed E-state index contributed by atoms with van der Waals surface area (Å²) in [6, 6.07) is 18.5. The van der Waals surface area contributed by atoms with Gasteiger partial charge in [-0.1, -0.05) is 37.6 Å². The van der Waals surface area contributed by atoms with Gasteiger partial charge in [-0.3, -0.25) is 9.80 Å². The van der Waals surface area contributed by atoms with E-state index < -0.39 is 0 Å². The largest absolute Gasteiger partial charge is 0.496 e. The van der Waals surface area contributed by atoms with E-state index in [1.165, 1.54) is 55.6 Å². The van der Waals surface area contributed by atoms with Gasteiger partial charge in [-0.05, 0) is 108 Å². The Hall–Kier alpha value is -4.40. The lowest BCUT2D eigenvalue weighted by molar-refractivity contribution is 0.157. The minimum Gasteiger partial charge on any atom is -0.496 e. The second kappa shape index (κ2) is 15.3. The van der Waals surface area contributed by atoms with E-state index in [-0.39, 0.29) is 0 Å². The summed E-state index contributed by atoms with van der Waals surface area (Å²) >= 11 is 0. The van der Waals surface area contributed by atoms with E-state index in [1.54, 1.807) is 42.7 Å². The SMILES string of the molecule is CCCc1cc2c(cc1OC)CCN1Cc3c(ccc(OC)c3OC)C[C@@H]21.COc1cc2c(cc1C)[C@@H]1Cc3ccc(OC)c(OC)c3CN1CC2. The molecule has 0 unspecified atom stereocenters. The first kappa shape index (κ1) is 36.0. The van der Waals surface area contributed by atoms with Crippen molar-refractivity contribution in [1.29, 1.82) is 0 Å². The minimum absolute atomic E-state index is 0.430. The molecule has 0 aliphatic carbocycles. The van der Waals surface area contributed by atoms with Crippen LogP contribution < -0.4 is 28.4 Å². The molecule has 8 nitrogen and oxygen atoms in total. The van der Waals surface area contributed by atoms with Crippen molar-refractivity contribution in [3.8, 4) is 34.5 Å². The molecule has 0 amide bonds. The summed E-state index contributed by atoms with van der Waals surface area (Å²) in [6.07, 6.45) is 6.34. The Bertz CT molecular complexity index is 1940. The first-order valence-corrected chi connectivity index (χ1v) is 18.7. The van der Waals surface area contributed by atoms with Gasteiger partial charge in [-0.2, -0.15) is 0 Å². The van der Waals surface area contributed by atoms with E-state index in [0.29, 0.717) is 12.1 Å². The van der Waals surface area contributed by atoms with Crippen molar-refractivity contribution in [2.45, 2.75) is 77.5 Å². The zero-order valence-electron chi connectivity index (χ0n) is 32.2. The quantitative estimate of drug-likeness (QED) is 0.183. The fraction of sp³-hybridized carbons (Fsp3) is 0.455. The van der Waals surface area contributed by atoms with E-state index in [0.717, 1.165) is 99.2 Å². The number of aryl methyl sites for hydroxylation is 2. The molecule has 8 heteroatoms. The van der Waals surface area contributed by atoms with Crippen LogP contribution in [0.4, 0.5) is 0 Å². The number of benzene rings is 4. The Kier molecular flexibility index (Phi) is 10.6. The fourth-order valence-corrected chi connectivity index (χ4v) is 9.07. The zero-order valence-corrected chi connectivity index (χ0v) is 32.2. The van der Waals surface area contributed by atoms with Gasteiger partial charge in [0.2, 0.25) is 0 Å². The normalized spacial score (nSPS) is 18.5. The van der Waals surface area contributed by atoms with E-state index in [1.807, 2.05) is 12.1 Å². The summed E-state index contributed by atoms with van der Waals surface area (Å²) in [6.45, 7) is 8.29. The van der Waals surface area contributed by atoms with E-state index >= 15 is 0 Å². The number of rotatable bonds is 8. The molecule has 0 saturated heterocycles. The Morgan fingerprint density at radius 3 is 1.50 bits per heavy atom. The van der Waals surface area contributed by atoms with Crippen LogP contribution in [-0.2, 0) is 45.2 Å². The zero-order chi connectivity index (χ0) is 36.5. The van der Waals surface area contributed by atoms with Crippen LogP contribution in [-0.4, -0.2) is 65.5 Å². The average molecular weight is 707 g/mol. The third-order valence-corrected chi connectivity index (χ3v) is 11.7. The maximum absolute atomic E-state index is 5.70. The predicted octanol–water partition coefficient (Wildman–Crippen LogP) is 8.00. The van der Waals surface area contributed by atoms with Crippen LogP contribution in [0, 0.1) is 6.92 Å². The molecule has 8 rings (SSSR count). The lowest BCUT2D eigenvalue weighted by atomic mass is 9.82. The van der Waals surface area contributed by atoms with Crippen LogP contribution in [0.5, 0.6) is 34.5 Å². The molecule has 4 aliphatic rings. The molecule has 4 aromatic carbocycles. The lowest BCUT2D eigenvalue weighted by Crippen LogP contribution is -2.39. The van der Waals surface area contributed by atoms with Gasteiger partial charge in [0.25, 0.3) is 0 Å². The molecule has 4 aromatic rings. The average Bonchev–Trinajstić information content (AvgIpc) is 3.18. The Morgan fingerprint density at radius 2 is 1.04 bits per heavy atom. The molecule has 0 spiro atoms. The maximum atomic E-state index is 5.70. The highest BCUT2D eigenvalue weighted by Crippen LogP contribution is 2.46. The van der Waals surface area contributed by atoms with Crippen LogP contribution in [0.2, 0.25) is 0 Å². The molecule has 0 fully saturated rings. The first-order chi connectivity index (χ1) is 25.3. The van der Waals surface area contributed by atoms with Crippen LogP contribution >= 0.6 is 0 Å². The van der Waals surface area contributed by atoms with Crippen LogP contribution in [0.1, 0.15) is 81.1 Å². The monoisotopic (exact) mass is 706 g/mol. The van der Waals surface area contributed by atoms with Gasteiger partial charge < -0.3 is 28.4 Å². The highest BCUT2D eigenvalue weighted by molar-refractivity contribution is 5.55. The minimum atomic E-state index is 0.430. The predicted molar refractivity (Wildman–Crippen MR) is 205 cm³/mol. The third kappa shape index (κ3) is 6.45. The highest BCUT2D eigenvalue weighted by Gasteiger charge is 2.36. The molecule has 0 radical (unpaired) electrons. The summed E-state index contributed by atoms with van der Waals surface area (Å²) < 4.78 is 33.5. The van der Waals surface area contributed by atoms with Crippen LogP contribution in [0.15, 0.2) is 48.5 Å². The number of hydrogen-bond donors (Lipinski definition) is 0. The highest BCUT2D eigenvalue weighted by atomic mass is 16.5. The molecule has 276 valence electrons. The van der Waals surface area contributed by atoms with Gasteiger partial charge in [-0.25, -0.2) is 0 Å². The topological polar surface area (TPSA) is 61.9 Å². The smallest absolute Gasteiger partial charge is 0.165 e. The molecule has 0 bridgehead atoms. The summed E-state index contributed by atoms with van der Waals surface area (Å²) in [5.74, 6) is 5.46. The van der Waals surface area contributed by atoms with Crippen LogP contribution in [0.3, 0.4) is 0 Å². The standard InChI is InChI=1S/C23H29NO3.C21H25NO3/c1-5-6-17-11-18-16(13-22(17)26-3)9-10-24-14-19-15(12-20(18)24)7-8-21(25-2)23(19)27-4;1-13-9-16-15(11-20(13)24-3)7-8-22-12-17-14(10-18(16)22)5-6-19(23-2)21(17)25-4/h7-8,11,13,20H,5-6,9-10,12,14H2,1-4H3;5-6,9,11,18H,7-8,10,12H2,1-4H3/t20-;18-/m00/s1. The molecular formula is C44H54N2O6. The number of nitrogens with zero attached hydrogens (tertiary/aromatic N) is 2. The Balaban J connectivity index is 0.000000162. The molecule has 0 N–H and O–H groups in total. The van der Waals surface area contributed by atoms with E-state index in [9.17, 15) is 0 Å². The summed E-state index contributed by atoms with van der Waals surface area (Å²) in [5, 5.41) is 0. The second-order valence-corrected chi connectivity index (χ2v) is 14.4. The number of methoxy groups -OCH3 is 6. The van der Waals surface area contributed by atoms with Crippen molar-refractivity contribution in [3.05, 3.63) is 104 Å². The fourth-order valence-electron chi connectivity index (χ4n) is 9.07. The van der Waals surface area contributed by atoms with Crippen molar-refractivity contribution in [3.63, 3.8) is 0 Å². The number of ether oxygens (including phenoxy) is 6. The Labute approximate surface area is 309 Å². The number of fused-ring (bicyclic) bond motifs is 8. The summed E-state index contributed by atoms with van der Waals surface area (Å²) in [7, 11) is 10.4. The van der Waals surface area contributed by atoms with Crippen molar-refractivity contribution in [1.82, 2.24) is 9.80 Å². The third-order valence-electron chi connectivity index (χ3n) is 11.7.